The number of carbonyl (C=O) groups excluding carboxylic acids is 1. The van der Waals surface area contributed by atoms with Gasteiger partial charge in [-0.3, -0.25) is 10.1 Å². The Bertz CT molecular complexity index is 531. The molecule has 4 atom stereocenters. The molecular weight excluding hydrogens is 255 g/mol. The molecule has 2 aliphatic rings. The Balaban J connectivity index is 1.81. The van der Waals surface area contributed by atoms with Crippen molar-refractivity contribution in [1.29, 1.82) is 0 Å². The third-order valence-electron chi connectivity index (χ3n) is 4.93. The number of anilines is 1. The number of fused-ring (bicyclic) bond motifs is 1. The lowest BCUT2D eigenvalue weighted by atomic mass is 9.77. The van der Waals surface area contributed by atoms with E-state index in [4.69, 9.17) is 0 Å². The van der Waals surface area contributed by atoms with E-state index in [2.05, 4.69) is 24.5 Å². The lowest BCUT2D eigenvalue weighted by molar-refractivity contribution is -0.118. The van der Waals surface area contributed by atoms with Crippen molar-refractivity contribution in [1.82, 2.24) is 5.32 Å². The maximum Gasteiger partial charge on any atom is 0.246 e. The summed E-state index contributed by atoms with van der Waals surface area (Å²) in [5, 5.41) is 6.27. The van der Waals surface area contributed by atoms with Gasteiger partial charge in [0, 0.05) is 17.3 Å². The van der Waals surface area contributed by atoms with Crippen molar-refractivity contribution in [3.8, 4) is 0 Å². The molecule has 1 aliphatic carbocycles. The number of amides is 1. The van der Waals surface area contributed by atoms with Gasteiger partial charge in [-0.1, -0.05) is 26.7 Å². The predicted molar refractivity (Wildman–Crippen MR) is 76.9 cm³/mol. The van der Waals surface area contributed by atoms with E-state index in [1.807, 2.05) is 0 Å². The van der Waals surface area contributed by atoms with E-state index in [0.717, 1.165) is 17.7 Å². The average Bonchev–Trinajstić information content (AvgIpc) is 2.71. The van der Waals surface area contributed by atoms with Crippen LogP contribution in [0.5, 0.6) is 0 Å². The standard InChI is InChI=1S/C16H21FN2O/c1-9-4-3-5-13(10(9)2)18-15-12-8-11(17)6-7-14(12)19-16(15)20/h6-10,13,15,18H,3-5H2,1-2H3,(H,19,20). The molecule has 20 heavy (non-hydrogen) atoms. The van der Waals surface area contributed by atoms with Crippen LogP contribution >= 0.6 is 0 Å². The summed E-state index contributed by atoms with van der Waals surface area (Å²) in [6, 6.07) is 4.38. The van der Waals surface area contributed by atoms with E-state index in [-0.39, 0.29) is 11.7 Å². The Morgan fingerprint density at radius 2 is 2.10 bits per heavy atom. The second-order valence-electron chi connectivity index (χ2n) is 6.19. The summed E-state index contributed by atoms with van der Waals surface area (Å²) in [4.78, 5) is 12.1. The van der Waals surface area contributed by atoms with E-state index in [1.54, 1.807) is 6.07 Å². The number of carbonyl (C=O) groups is 1. The summed E-state index contributed by atoms with van der Waals surface area (Å²) in [5.41, 5.74) is 1.46. The lowest BCUT2D eigenvalue weighted by Gasteiger charge is -2.36. The molecule has 108 valence electrons. The quantitative estimate of drug-likeness (QED) is 0.870. The Kier molecular flexibility index (Phi) is 3.50. The molecular formula is C16H21FN2O. The highest BCUT2D eigenvalue weighted by atomic mass is 19.1. The zero-order valence-corrected chi connectivity index (χ0v) is 11.9. The largest absolute Gasteiger partial charge is 0.324 e. The van der Waals surface area contributed by atoms with Crippen LogP contribution in [0.3, 0.4) is 0 Å². The van der Waals surface area contributed by atoms with Crippen molar-refractivity contribution >= 4 is 11.6 Å². The molecule has 1 amide bonds. The Labute approximate surface area is 118 Å². The third-order valence-corrected chi connectivity index (χ3v) is 4.93. The van der Waals surface area contributed by atoms with Crippen LogP contribution in [0, 0.1) is 17.7 Å². The van der Waals surface area contributed by atoms with Crippen LogP contribution in [-0.4, -0.2) is 11.9 Å². The van der Waals surface area contributed by atoms with Crippen LogP contribution in [0.4, 0.5) is 10.1 Å². The van der Waals surface area contributed by atoms with Crippen LogP contribution in [-0.2, 0) is 4.79 Å². The van der Waals surface area contributed by atoms with Gasteiger partial charge >= 0.3 is 0 Å². The summed E-state index contributed by atoms with van der Waals surface area (Å²) >= 11 is 0. The highest BCUT2D eigenvalue weighted by Crippen LogP contribution is 2.35. The van der Waals surface area contributed by atoms with Gasteiger partial charge in [-0.05, 0) is 36.5 Å². The Morgan fingerprint density at radius 1 is 1.30 bits per heavy atom. The molecule has 0 saturated heterocycles. The number of rotatable bonds is 2. The van der Waals surface area contributed by atoms with Gasteiger partial charge in [0.25, 0.3) is 0 Å². The van der Waals surface area contributed by atoms with Crippen LogP contribution in [0.1, 0.15) is 44.7 Å². The molecule has 1 aromatic rings. The SMILES string of the molecule is CC1CCCC(NC2C(=O)Nc3ccc(F)cc32)C1C. The fourth-order valence-corrected chi connectivity index (χ4v) is 3.43. The highest BCUT2D eigenvalue weighted by molar-refractivity contribution is 6.02. The molecule has 0 bridgehead atoms. The second kappa shape index (κ2) is 5.17. The van der Waals surface area contributed by atoms with E-state index < -0.39 is 6.04 Å². The minimum absolute atomic E-state index is 0.0731. The van der Waals surface area contributed by atoms with Crippen LogP contribution in [0.15, 0.2) is 18.2 Å². The zero-order chi connectivity index (χ0) is 14.3. The Hall–Kier alpha value is -1.42. The predicted octanol–water partition coefficient (Wildman–Crippen LogP) is 3.23. The number of benzene rings is 1. The van der Waals surface area contributed by atoms with Gasteiger partial charge in [0.2, 0.25) is 5.91 Å². The Morgan fingerprint density at radius 3 is 2.90 bits per heavy atom. The molecule has 4 heteroatoms. The van der Waals surface area contributed by atoms with Crippen molar-refractivity contribution in [2.45, 2.75) is 45.2 Å². The summed E-state index contributed by atoms with van der Waals surface area (Å²) in [5.74, 6) is 0.833. The molecule has 0 aromatic heterocycles. The normalized spacial score (nSPS) is 32.9. The highest BCUT2D eigenvalue weighted by Gasteiger charge is 2.35. The van der Waals surface area contributed by atoms with Gasteiger partial charge in [0.05, 0.1) is 0 Å². The molecule has 1 aromatic carbocycles. The monoisotopic (exact) mass is 276 g/mol. The topological polar surface area (TPSA) is 41.1 Å². The smallest absolute Gasteiger partial charge is 0.246 e. The van der Waals surface area contributed by atoms with Gasteiger partial charge in [0.1, 0.15) is 11.9 Å². The maximum absolute atomic E-state index is 13.4. The molecule has 3 nitrogen and oxygen atoms in total. The van der Waals surface area contributed by atoms with E-state index in [9.17, 15) is 9.18 Å². The van der Waals surface area contributed by atoms with Crippen molar-refractivity contribution in [2.75, 3.05) is 5.32 Å². The molecule has 4 unspecified atom stereocenters. The van der Waals surface area contributed by atoms with E-state index in [1.165, 1.54) is 25.0 Å². The molecule has 0 spiro atoms. The molecule has 1 heterocycles. The third kappa shape index (κ3) is 2.33. The first-order valence-corrected chi connectivity index (χ1v) is 7.42. The van der Waals surface area contributed by atoms with Crippen molar-refractivity contribution < 1.29 is 9.18 Å². The molecule has 1 fully saturated rings. The summed E-state index contributed by atoms with van der Waals surface area (Å²) in [6.45, 7) is 4.50. The molecule has 0 radical (unpaired) electrons. The first kappa shape index (κ1) is 13.6. The van der Waals surface area contributed by atoms with Crippen LogP contribution in [0.25, 0.3) is 0 Å². The minimum Gasteiger partial charge on any atom is -0.324 e. The van der Waals surface area contributed by atoms with Gasteiger partial charge in [-0.15, -0.1) is 0 Å². The number of nitrogens with one attached hydrogen (secondary N) is 2. The first-order valence-electron chi connectivity index (χ1n) is 7.42. The lowest BCUT2D eigenvalue weighted by Crippen LogP contribution is -2.44. The molecule has 1 aliphatic heterocycles. The second-order valence-corrected chi connectivity index (χ2v) is 6.19. The first-order chi connectivity index (χ1) is 9.56. The summed E-state index contributed by atoms with van der Waals surface area (Å²) < 4.78 is 13.4. The maximum atomic E-state index is 13.4. The van der Waals surface area contributed by atoms with Crippen LogP contribution in [0.2, 0.25) is 0 Å². The number of hydrogen-bond donors (Lipinski definition) is 2. The fourth-order valence-electron chi connectivity index (χ4n) is 3.43. The van der Waals surface area contributed by atoms with Crippen molar-refractivity contribution in [3.63, 3.8) is 0 Å². The van der Waals surface area contributed by atoms with Crippen molar-refractivity contribution in [2.24, 2.45) is 11.8 Å². The zero-order valence-electron chi connectivity index (χ0n) is 11.9. The van der Waals surface area contributed by atoms with Crippen molar-refractivity contribution in [3.05, 3.63) is 29.6 Å². The number of halogens is 1. The van der Waals surface area contributed by atoms with Crippen LogP contribution < -0.4 is 10.6 Å². The molecule has 3 rings (SSSR count). The van der Waals surface area contributed by atoms with Gasteiger partial charge in [0.15, 0.2) is 0 Å². The van der Waals surface area contributed by atoms with Gasteiger partial charge in [-0.25, -0.2) is 4.39 Å². The fraction of sp³-hybridized carbons (Fsp3) is 0.562. The van der Waals surface area contributed by atoms with Gasteiger partial charge in [-0.2, -0.15) is 0 Å². The average molecular weight is 276 g/mol. The molecule has 1 saturated carbocycles. The number of hydrogen-bond acceptors (Lipinski definition) is 2. The van der Waals surface area contributed by atoms with Gasteiger partial charge < -0.3 is 5.32 Å². The summed E-state index contributed by atoms with van der Waals surface area (Å²) in [6.07, 6.45) is 3.52. The van der Waals surface area contributed by atoms with E-state index >= 15 is 0 Å². The van der Waals surface area contributed by atoms with E-state index in [0.29, 0.717) is 17.9 Å². The minimum atomic E-state index is -0.418. The summed E-state index contributed by atoms with van der Waals surface area (Å²) in [7, 11) is 0. The molecule has 2 N–H and O–H groups in total.